The van der Waals surface area contributed by atoms with Gasteiger partial charge in [-0.15, -0.1) is 11.3 Å². The van der Waals surface area contributed by atoms with Crippen LogP contribution in [0.25, 0.3) is 0 Å². The highest BCUT2D eigenvalue weighted by molar-refractivity contribution is 7.10. The van der Waals surface area contributed by atoms with Gasteiger partial charge in [0.15, 0.2) is 5.82 Å². The highest BCUT2D eigenvalue weighted by Crippen LogP contribution is 2.44. The predicted octanol–water partition coefficient (Wildman–Crippen LogP) is 5.84. The highest BCUT2D eigenvalue weighted by Gasteiger charge is 2.36. The molecular formula is C26H34N6S. The fourth-order valence-corrected chi connectivity index (χ4v) is 5.68. The molecule has 6 nitrogen and oxygen atoms in total. The number of hydrogen-bond donors (Lipinski definition) is 1. The number of aromatic nitrogens is 2. The van der Waals surface area contributed by atoms with Crippen LogP contribution in [0.3, 0.4) is 0 Å². The molecule has 2 aliphatic rings. The lowest BCUT2D eigenvalue weighted by atomic mass is 9.93. The van der Waals surface area contributed by atoms with E-state index in [1.54, 1.807) is 0 Å². The number of fused-ring (bicyclic) bond motifs is 2. The molecule has 0 unspecified atom stereocenters. The number of thiophene rings is 1. The standard InChI is InChI=1S/C26H34N6S/c1-17(2)31-16-20-14-27-25(28-21-8-7-18-9-11-30(6)15-19(18)13-21)29-24(20)32(31)22-10-12-33-23(22)26(3,4)5/h7-8,10,12-14,17H,9,11,15-16H2,1-6H3,(H,27,28,29). The van der Waals surface area contributed by atoms with E-state index in [-0.39, 0.29) is 5.41 Å². The third-order valence-corrected chi connectivity index (χ3v) is 7.78. The minimum absolute atomic E-state index is 0.0688. The molecule has 1 N–H and O–H groups in total. The maximum atomic E-state index is 5.03. The Kier molecular flexibility index (Phi) is 5.67. The first-order valence-corrected chi connectivity index (χ1v) is 12.7. The van der Waals surface area contributed by atoms with Crippen molar-refractivity contribution in [2.45, 2.75) is 65.6 Å². The van der Waals surface area contributed by atoms with Gasteiger partial charge < -0.3 is 10.2 Å². The number of likely N-dealkylation sites (N-methyl/N-ethyl adjacent to an activating group) is 1. The Morgan fingerprint density at radius 3 is 2.64 bits per heavy atom. The minimum atomic E-state index is 0.0688. The fourth-order valence-electron chi connectivity index (χ4n) is 4.72. The highest BCUT2D eigenvalue weighted by atomic mass is 32.1. The van der Waals surface area contributed by atoms with E-state index in [0.717, 1.165) is 43.1 Å². The summed E-state index contributed by atoms with van der Waals surface area (Å²) in [5.41, 5.74) is 6.32. The maximum absolute atomic E-state index is 5.03. The van der Waals surface area contributed by atoms with Crippen molar-refractivity contribution in [1.82, 2.24) is 19.9 Å². The van der Waals surface area contributed by atoms with Crippen LogP contribution in [0.4, 0.5) is 23.1 Å². The minimum Gasteiger partial charge on any atom is -0.324 e. The summed E-state index contributed by atoms with van der Waals surface area (Å²) >= 11 is 1.82. The molecule has 0 saturated carbocycles. The molecule has 0 amide bonds. The third-order valence-electron chi connectivity index (χ3n) is 6.45. The molecule has 3 aromatic rings. The van der Waals surface area contributed by atoms with Crippen LogP contribution >= 0.6 is 11.3 Å². The number of nitrogens with zero attached hydrogens (tertiary/aromatic N) is 5. The van der Waals surface area contributed by atoms with Crippen molar-refractivity contribution >= 4 is 34.5 Å². The molecule has 7 heteroatoms. The first kappa shape index (κ1) is 22.3. The number of anilines is 4. The van der Waals surface area contributed by atoms with Crippen LogP contribution < -0.4 is 10.3 Å². The molecule has 33 heavy (non-hydrogen) atoms. The molecule has 174 valence electrons. The topological polar surface area (TPSA) is 47.5 Å². The van der Waals surface area contributed by atoms with Gasteiger partial charge in [-0.05, 0) is 67.4 Å². The fraction of sp³-hybridized carbons (Fsp3) is 0.462. The summed E-state index contributed by atoms with van der Waals surface area (Å²) in [6.45, 7) is 14.2. The molecule has 4 heterocycles. The van der Waals surface area contributed by atoms with Crippen molar-refractivity contribution < 1.29 is 0 Å². The van der Waals surface area contributed by atoms with Gasteiger partial charge in [0.25, 0.3) is 0 Å². The van der Waals surface area contributed by atoms with Gasteiger partial charge in [-0.3, -0.25) is 5.01 Å². The summed E-state index contributed by atoms with van der Waals surface area (Å²) in [6, 6.07) is 9.21. The average Bonchev–Trinajstić information content (AvgIpc) is 3.37. The Labute approximate surface area is 201 Å². The molecule has 5 rings (SSSR count). The molecule has 0 spiro atoms. The zero-order chi connectivity index (χ0) is 23.3. The van der Waals surface area contributed by atoms with Crippen LogP contribution in [0, 0.1) is 0 Å². The van der Waals surface area contributed by atoms with Gasteiger partial charge in [0.2, 0.25) is 5.95 Å². The zero-order valence-corrected chi connectivity index (χ0v) is 21.3. The average molecular weight is 463 g/mol. The van der Waals surface area contributed by atoms with E-state index in [1.165, 1.54) is 21.7 Å². The van der Waals surface area contributed by atoms with E-state index in [4.69, 9.17) is 4.98 Å². The lowest BCUT2D eigenvalue weighted by Gasteiger charge is -2.34. The Balaban J connectivity index is 1.49. The van der Waals surface area contributed by atoms with Gasteiger partial charge in [0.05, 0.1) is 5.69 Å². The van der Waals surface area contributed by atoms with Gasteiger partial charge in [-0.2, -0.15) is 4.98 Å². The van der Waals surface area contributed by atoms with E-state index >= 15 is 0 Å². The smallest absolute Gasteiger partial charge is 0.229 e. The summed E-state index contributed by atoms with van der Waals surface area (Å²) in [7, 11) is 2.18. The largest absolute Gasteiger partial charge is 0.324 e. The molecule has 0 saturated heterocycles. The molecule has 0 radical (unpaired) electrons. The molecule has 0 bridgehead atoms. The Hall–Kier alpha value is -2.48. The molecule has 2 aromatic heterocycles. The second kappa shape index (κ2) is 8.38. The lowest BCUT2D eigenvalue weighted by Crippen LogP contribution is -2.40. The van der Waals surface area contributed by atoms with E-state index < -0.39 is 0 Å². The van der Waals surface area contributed by atoms with E-state index in [1.807, 2.05) is 17.5 Å². The summed E-state index contributed by atoms with van der Waals surface area (Å²) in [5.74, 6) is 1.61. The number of hydrogen-bond acceptors (Lipinski definition) is 7. The van der Waals surface area contributed by atoms with Crippen LogP contribution in [-0.4, -0.2) is 39.5 Å². The van der Waals surface area contributed by atoms with Crippen molar-refractivity contribution in [1.29, 1.82) is 0 Å². The normalized spacial score (nSPS) is 16.9. The molecular weight excluding hydrogens is 428 g/mol. The van der Waals surface area contributed by atoms with Crippen molar-refractivity contribution in [2.75, 3.05) is 23.9 Å². The second-order valence-electron chi connectivity index (χ2n) is 10.5. The summed E-state index contributed by atoms with van der Waals surface area (Å²) < 4.78 is 0. The molecule has 0 atom stereocenters. The SMILES string of the molecule is CC(C)N1Cc2cnc(Nc3ccc4c(c3)CN(C)CC4)nc2N1c1ccsc1C(C)(C)C. The monoisotopic (exact) mass is 462 g/mol. The second-order valence-corrected chi connectivity index (χ2v) is 11.4. The Morgan fingerprint density at radius 2 is 1.88 bits per heavy atom. The van der Waals surface area contributed by atoms with Crippen LogP contribution in [0.2, 0.25) is 0 Å². The number of nitrogens with one attached hydrogen (secondary N) is 1. The van der Waals surface area contributed by atoms with Crippen molar-refractivity contribution in [3.8, 4) is 0 Å². The lowest BCUT2D eigenvalue weighted by molar-refractivity contribution is 0.233. The number of rotatable bonds is 4. The van der Waals surface area contributed by atoms with E-state index in [9.17, 15) is 0 Å². The van der Waals surface area contributed by atoms with Gasteiger partial charge in [0.1, 0.15) is 0 Å². The first-order chi connectivity index (χ1) is 15.7. The van der Waals surface area contributed by atoms with Crippen LogP contribution in [-0.2, 0) is 24.9 Å². The van der Waals surface area contributed by atoms with Gasteiger partial charge in [-0.1, -0.05) is 26.8 Å². The van der Waals surface area contributed by atoms with Crippen molar-refractivity contribution in [2.24, 2.45) is 0 Å². The van der Waals surface area contributed by atoms with Crippen LogP contribution in [0.5, 0.6) is 0 Å². The predicted molar refractivity (Wildman–Crippen MR) is 138 cm³/mol. The maximum Gasteiger partial charge on any atom is 0.229 e. The van der Waals surface area contributed by atoms with E-state index in [0.29, 0.717) is 12.0 Å². The van der Waals surface area contributed by atoms with Gasteiger partial charge in [-0.25, -0.2) is 9.99 Å². The Morgan fingerprint density at radius 1 is 1.06 bits per heavy atom. The summed E-state index contributed by atoms with van der Waals surface area (Å²) in [4.78, 5) is 13.4. The van der Waals surface area contributed by atoms with Crippen molar-refractivity contribution in [3.63, 3.8) is 0 Å². The van der Waals surface area contributed by atoms with Crippen molar-refractivity contribution in [3.05, 3.63) is 57.4 Å². The summed E-state index contributed by atoms with van der Waals surface area (Å²) in [5, 5.41) is 10.4. The Bertz CT molecular complexity index is 1160. The third kappa shape index (κ3) is 4.25. The van der Waals surface area contributed by atoms with Crippen LogP contribution in [0.1, 0.15) is 56.2 Å². The molecule has 0 aliphatic carbocycles. The summed E-state index contributed by atoms with van der Waals surface area (Å²) in [6.07, 6.45) is 3.09. The molecule has 2 aliphatic heterocycles. The van der Waals surface area contributed by atoms with Gasteiger partial charge in [0, 0.05) is 48.0 Å². The van der Waals surface area contributed by atoms with E-state index in [2.05, 4.69) is 96.5 Å². The van der Waals surface area contributed by atoms with Crippen LogP contribution in [0.15, 0.2) is 35.8 Å². The van der Waals surface area contributed by atoms with Gasteiger partial charge >= 0.3 is 0 Å². The first-order valence-electron chi connectivity index (χ1n) is 11.8. The number of benzene rings is 1. The molecule has 1 aromatic carbocycles. The quantitative estimate of drug-likeness (QED) is 0.525. The zero-order valence-electron chi connectivity index (χ0n) is 20.5. The molecule has 0 fully saturated rings. The number of hydrazine groups is 1.